The van der Waals surface area contributed by atoms with E-state index in [0.29, 0.717) is 13.2 Å². The van der Waals surface area contributed by atoms with Crippen LogP contribution in [0.4, 0.5) is 0 Å². The Balaban J connectivity index is 2.92. The molecule has 0 fully saturated rings. The lowest BCUT2D eigenvalue weighted by atomic mass is 10.9. The number of rotatable bonds is 4. The predicted molar refractivity (Wildman–Crippen MR) is 32.8 cm³/mol. The quantitative estimate of drug-likeness (QED) is 0.409. The monoisotopic (exact) mass is 131 g/mol. The van der Waals surface area contributed by atoms with Gasteiger partial charge >= 0.3 is 0 Å². The Kier molecular flexibility index (Phi) is 5.37. The summed E-state index contributed by atoms with van der Waals surface area (Å²) in [5.41, 5.74) is 0. The van der Waals surface area contributed by atoms with Gasteiger partial charge in [-0.05, 0) is 13.8 Å². The third-order valence-electron chi connectivity index (χ3n) is 0.636. The zero-order valence-electron chi connectivity index (χ0n) is 5.31. The van der Waals surface area contributed by atoms with Gasteiger partial charge < -0.3 is 9.47 Å². The largest absolute Gasteiger partial charge is 0.358 e. The lowest BCUT2D eigenvalue weighted by Gasteiger charge is -2.09. The third kappa shape index (κ3) is 4.30. The molecule has 0 bridgehead atoms. The van der Waals surface area contributed by atoms with Crippen LogP contribution in [-0.2, 0) is 9.47 Å². The van der Waals surface area contributed by atoms with Gasteiger partial charge in [-0.15, -0.1) is 0 Å². The van der Waals surface area contributed by atoms with E-state index in [1.807, 2.05) is 13.8 Å². The van der Waals surface area contributed by atoms with Gasteiger partial charge in [0.1, 0.15) is 16.2 Å². The summed E-state index contributed by atoms with van der Waals surface area (Å²) in [6.45, 7) is 5.20. The molecule has 2 nitrogen and oxygen atoms in total. The molecule has 0 aliphatic rings. The SMILES string of the molecule is CCOC([Si])OCC. The van der Waals surface area contributed by atoms with E-state index >= 15 is 0 Å². The van der Waals surface area contributed by atoms with Gasteiger partial charge in [0, 0.05) is 13.2 Å². The minimum atomic E-state index is -0.231. The van der Waals surface area contributed by atoms with Crippen molar-refractivity contribution in [3.63, 3.8) is 0 Å². The van der Waals surface area contributed by atoms with E-state index in [1.165, 1.54) is 0 Å². The highest BCUT2D eigenvalue weighted by Crippen LogP contribution is 1.86. The number of ether oxygens (including phenoxy) is 2. The van der Waals surface area contributed by atoms with Gasteiger partial charge in [0.25, 0.3) is 0 Å². The maximum absolute atomic E-state index is 4.97. The molecule has 3 radical (unpaired) electrons. The van der Waals surface area contributed by atoms with Crippen molar-refractivity contribution >= 4 is 10.2 Å². The summed E-state index contributed by atoms with van der Waals surface area (Å²) in [6, 6.07) is 0. The van der Waals surface area contributed by atoms with Crippen molar-refractivity contribution in [2.24, 2.45) is 0 Å². The summed E-state index contributed by atoms with van der Waals surface area (Å²) in [7, 11) is 3.20. The fourth-order valence-corrected chi connectivity index (χ4v) is 0.684. The first-order valence-corrected chi connectivity index (χ1v) is 3.33. The second-order valence-corrected chi connectivity index (χ2v) is 1.71. The molecule has 0 heterocycles. The van der Waals surface area contributed by atoms with Crippen molar-refractivity contribution in [3.05, 3.63) is 0 Å². The molecule has 0 aromatic heterocycles. The Hall–Kier alpha value is 0.137. The van der Waals surface area contributed by atoms with E-state index in [9.17, 15) is 0 Å². The number of hydrogen-bond donors (Lipinski definition) is 0. The first kappa shape index (κ1) is 8.14. The van der Waals surface area contributed by atoms with E-state index in [4.69, 9.17) is 9.47 Å². The zero-order chi connectivity index (χ0) is 6.41. The summed E-state index contributed by atoms with van der Waals surface area (Å²) < 4.78 is 9.95. The average Bonchev–Trinajstić information content (AvgIpc) is 1.68. The molecular formula is C5H11O2Si. The minimum absolute atomic E-state index is 0.231. The molecule has 0 saturated carbocycles. The second-order valence-electron chi connectivity index (χ2n) is 1.24. The summed E-state index contributed by atoms with van der Waals surface area (Å²) in [4.78, 5) is 0. The highest BCUT2D eigenvalue weighted by atomic mass is 28.1. The van der Waals surface area contributed by atoms with E-state index in [2.05, 4.69) is 10.2 Å². The maximum Gasteiger partial charge on any atom is 0.134 e. The molecule has 0 rings (SSSR count). The Morgan fingerprint density at radius 1 is 1.25 bits per heavy atom. The highest BCUT2D eigenvalue weighted by Gasteiger charge is 1.95. The summed E-state index contributed by atoms with van der Waals surface area (Å²) in [6.07, 6.45) is 0. The normalized spacial score (nSPS) is 10.5. The van der Waals surface area contributed by atoms with Crippen LogP contribution in [0, 0.1) is 0 Å². The molecule has 0 spiro atoms. The minimum Gasteiger partial charge on any atom is -0.358 e. The van der Waals surface area contributed by atoms with Gasteiger partial charge in [0.15, 0.2) is 0 Å². The first-order chi connectivity index (χ1) is 3.81. The molecule has 0 aromatic carbocycles. The standard InChI is InChI=1S/C5H11O2Si/c1-3-6-5(8)7-4-2/h5H,3-4H2,1-2H3. The topological polar surface area (TPSA) is 18.5 Å². The molecule has 0 N–H and O–H groups in total. The molecule has 0 aromatic rings. The summed E-state index contributed by atoms with van der Waals surface area (Å²) in [5.74, 6) is -0.231. The average molecular weight is 131 g/mol. The van der Waals surface area contributed by atoms with Gasteiger partial charge in [-0.1, -0.05) is 0 Å². The van der Waals surface area contributed by atoms with E-state index in [-0.39, 0.29) is 5.91 Å². The number of hydrogen-bond acceptors (Lipinski definition) is 2. The molecule has 0 amide bonds. The van der Waals surface area contributed by atoms with Crippen LogP contribution in [0.2, 0.25) is 0 Å². The molecule has 0 atom stereocenters. The fraction of sp³-hybridized carbons (Fsp3) is 1.00. The van der Waals surface area contributed by atoms with Crippen molar-refractivity contribution in [3.8, 4) is 0 Å². The molecule has 0 aliphatic heterocycles. The predicted octanol–water partition coefficient (Wildman–Crippen LogP) is 0.511. The van der Waals surface area contributed by atoms with Gasteiger partial charge in [-0.2, -0.15) is 0 Å². The lowest BCUT2D eigenvalue weighted by Crippen LogP contribution is -2.16. The van der Waals surface area contributed by atoms with Crippen LogP contribution in [-0.4, -0.2) is 29.4 Å². The van der Waals surface area contributed by atoms with E-state index < -0.39 is 0 Å². The van der Waals surface area contributed by atoms with Crippen LogP contribution < -0.4 is 0 Å². The molecule has 47 valence electrons. The summed E-state index contributed by atoms with van der Waals surface area (Å²) >= 11 is 0. The van der Waals surface area contributed by atoms with Gasteiger partial charge in [0.2, 0.25) is 0 Å². The third-order valence-corrected chi connectivity index (χ3v) is 0.969. The van der Waals surface area contributed by atoms with Crippen LogP contribution in [0.5, 0.6) is 0 Å². The molecule has 0 saturated heterocycles. The molecule has 0 unspecified atom stereocenters. The Morgan fingerprint density at radius 3 is 1.88 bits per heavy atom. The van der Waals surface area contributed by atoms with Gasteiger partial charge in [0.05, 0.1) is 0 Å². The molecule has 8 heavy (non-hydrogen) atoms. The smallest absolute Gasteiger partial charge is 0.134 e. The Labute approximate surface area is 53.6 Å². The first-order valence-electron chi connectivity index (χ1n) is 2.75. The van der Waals surface area contributed by atoms with E-state index in [0.717, 1.165) is 0 Å². The van der Waals surface area contributed by atoms with Crippen molar-refractivity contribution < 1.29 is 9.47 Å². The second kappa shape index (κ2) is 5.28. The van der Waals surface area contributed by atoms with Crippen molar-refractivity contribution in [2.75, 3.05) is 13.2 Å². The fourth-order valence-electron chi connectivity index (χ4n) is 0.351. The maximum atomic E-state index is 4.97. The Morgan fingerprint density at radius 2 is 1.62 bits per heavy atom. The Bertz CT molecular complexity index is 43.7. The van der Waals surface area contributed by atoms with Crippen molar-refractivity contribution in [2.45, 2.75) is 19.8 Å². The van der Waals surface area contributed by atoms with Crippen molar-refractivity contribution in [1.29, 1.82) is 0 Å². The van der Waals surface area contributed by atoms with E-state index in [1.54, 1.807) is 0 Å². The summed E-state index contributed by atoms with van der Waals surface area (Å²) in [5, 5.41) is 0. The lowest BCUT2D eigenvalue weighted by molar-refractivity contribution is -0.0801. The highest BCUT2D eigenvalue weighted by molar-refractivity contribution is 6.09. The van der Waals surface area contributed by atoms with Crippen LogP contribution in [0.1, 0.15) is 13.8 Å². The molecular weight excluding hydrogens is 120 g/mol. The van der Waals surface area contributed by atoms with Gasteiger partial charge in [-0.25, -0.2) is 0 Å². The van der Waals surface area contributed by atoms with Crippen LogP contribution >= 0.6 is 0 Å². The molecule has 3 heteroatoms. The molecule has 0 aliphatic carbocycles. The van der Waals surface area contributed by atoms with Gasteiger partial charge in [-0.3, -0.25) is 0 Å². The zero-order valence-corrected chi connectivity index (χ0v) is 6.31. The van der Waals surface area contributed by atoms with Crippen LogP contribution in [0.3, 0.4) is 0 Å². The van der Waals surface area contributed by atoms with Crippen LogP contribution in [0.25, 0.3) is 0 Å². The van der Waals surface area contributed by atoms with Crippen molar-refractivity contribution in [1.82, 2.24) is 0 Å². The van der Waals surface area contributed by atoms with Crippen LogP contribution in [0.15, 0.2) is 0 Å².